The molecule has 1 N–H and O–H groups in total. The predicted octanol–water partition coefficient (Wildman–Crippen LogP) is 2.98. The van der Waals surface area contributed by atoms with E-state index in [0.29, 0.717) is 12.8 Å². The molecule has 1 fully saturated rings. The van der Waals surface area contributed by atoms with Crippen molar-refractivity contribution in [3.05, 3.63) is 23.2 Å². The summed E-state index contributed by atoms with van der Waals surface area (Å²) in [6.07, 6.45) is -0.887. The number of nitrogens with zero attached hydrogens (tertiary/aromatic N) is 2. The van der Waals surface area contributed by atoms with Crippen LogP contribution in [0.25, 0.3) is 0 Å². The lowest BCUT2D eigenvalue weighted by Gasteiger charge is -2.30. The fraction of sp³-hybridized carbons (Fsp3) is 0.583. The first-order chi connectivity index (χ1) is 9.36. The Bertz CT molecular complexity index is 487. The van der Waals surface area contributed by atoms with Gasteiger partial charge in [-0.1, -0.05) is 11.6 Å². The molecular weight excluding hydrogens is 295 g/mol. The van der Waals surface area contributed by atoms with Gasteiger partial charge in [0, 0.05) is 6.04 Å². The number of nitrogens with one attached hydrogen (secondary N) is 1. The molecule has 0 spiro atoms. The molecule has 0 radical (unpaired) electrons. The number of hydrogen-bond donors (Lipinski definition) is 1. The smallest absolute Gasteiger partial charge is 0.348 e. The summed E-state index contributed by atoms with van der Waals surface area (Å²) in [5, 5.41) is 2.76. The zero-order chi connectivity index (χ0) is 14.8. The molecule has 1 heterocycles. The van der Waals surface area contributed by atoms with E-state index in [2.05, 4.69) is 15.3 Å². The van der Waals surface area contributed by atoms with Crippen molar-refractivity contribution in [2.45, 2.75) is 37.9 Å². The van der Waals surface area contributed by atoms with Crippen LogP contribution in [0.4, 0.5) is 13.2 Å². The lowest BCUT2D eigenvalue weighted by atomic mass is 9.85. The Kier molecular flexibility index (Phi) is 4.47. The van der Waals surface area contributed by atoms with Gasteiger partial charge in [-0.25, -0.2) is 4.98 Å². The molecule has 1 aromatic rings. The van der Waals surface area contributed by atoms with Gasteiger partial charge in [-0.3, -0.25) is 9.78 Å². The maximum Gasteiger partial charge on any atom is 0.391 e. The minimum Gasteiger partial charge on any atom is -0.348 e. The monoisotopic (exact) mass is 307 g/mol. The summed E-state index contributed by atoms with van der Waals surface area (Å²) in [7, 11) is 0. The molecule has 1 aromatic heterocycles. The zero-order valence-corrected chi connectivity index (χ0v) is 11.2. The highest BCUT2D eigenvalue weighted by Crippen LogP contribution is 2.37. The summed E-state index contributed by atoms with van der Waals surface area (Å²) < 4.78 is 37.6. The summed E-state index contributed by atoms with van der Waals surface area (Å²) in [6, 6.07) is -0.262. The first-order valence-corrected chi connectivity index (χ1v) is 6.59. The van der Waals surface area contributed by atoms with Gasteiger partial charge >= 0.3 is 6.18 Å². The molecule has 0 saturated heterocycles. The maximum absolute atomic E-state index is 12.5. The fourth-order valence-electron chi connectivity index (χ4n) is 2.28. The van der Waals surface area contributed by atoms with Gasteiger partial charge in [0.2, 0.25) is 0 Å². The van der Waals surface area contributed by atoms with Crippen molar-refractivity contribution in [1.29, 1.82) is 0 Å². The van der Waals surface area contributed by atoms with Crippen LogP contribution in [0.5, 0.6) is 0 Å². The van der Waals surface area contributed by atoms with Gasteiger partial charge in [-0.05, 0) is 25.7 Å². The Morgan fingerprint density at radius 2 is 1.90 bits per heavy atom. The lowest BCUT2D eigenvalue weighted by molar-refractivity contribution is -0.182. The van der Waals surface area contributed by atoms with Crippen LogP contribution in [0.15, 0.2) is 12.4 Å². The Labute approximate surface area is 118 Å². The first-order valence-electron chi connectivity index (χ1n) is 6.21. The van der Waals surface area contributed by atoms with Crippen LogP contribution in [-0.2, 0) is 0 Å². The van der Waals surface area contributed by atoms with Crippen molar-refractivity contribution in [1.82, 2.24) is 15.3 Å². The molecule has 1 aliphatic rings. The van der Waals surface area contributed by atoms with Gasteiger partial charge in [0.15, 0.2) is 0 Å². The lowest BCUT2D eigenvalue weighted by Crippen LogP contribution is -2.40. The van der Waals surface area contributed by atoms with Crippen LogP contribution in [0, 0.1) is 5.92 Å². The van der Waals surface area contributed by atoms with Crippen molar-refractivity contribution in [2.24, 2.45) is 5.92 Å². The molecule has 0 atom stereocenters. The minimum atomic E-state index is -4.15. The van der Waals surface area contributed by atoms with E-state index in [9.17, 15) is 18.0 Å². The topological polar surface area (TPSA) is 54.9 Å². The second-order valence-electron chi connectivity index (χ2n) is 4.79. The van der Waals surface area contributed by atoms with E-state index >= 15 is 0 Å². The highest BCUT2D eigenvalue weighted by molar-refractivity contribution is 6.29. The van der Waals surface area contributed by atoms with E-state index in [1.54, 1.807) is 0 Å². The van der Waals surface area contributed by atoms with E-state index in [1.165, 1.54) is 12.4 Å². The molecule has 0 unspecified atom stereocenters. The van der Waals surface area contributed by atoms with Gasteiger partial charge in [0.25, 0.3) is 5.91 Å². The van der Waals surface area contributed by atoms with Crippen molar-refractivity contribution >= 4 is 17.5 Å². The number of halogens is 4. The van der Waals surface area contributed by atoms with Crippen LogP contribution in [0.3, 0.4) is 0 Å². The van der Waals surface area contributed by atoms with Gasteiger partial charge in [-0.2, -0.15) is 13.2 Å². The summed E-state index contributed by atoms with van der Waals surface area (Å²) in [5.74, 6) is -1.72. The highest BCUT2D eigenvalue weighted by Gasteiger charge is 2.41. The average Bonchev–Trinajstić information content (AvgIpc) is 2.38. The molecule has 2 rings (SSSR count). The van der Waals surface area contributed by atoms with Crippen LogP contribution >= 0.6 is 11.6 Å². The Morgan fingerprint density at radius 1 is 1.25 bits per heavy atom. The molecule has 1 aliphatic carbocycles. The van der Waals surface area contributed by atoms with Crippen LogP contribution < -0.4 is 5.32 Å². The third-order valence-electron chi connectivity index (χ3n) is 3.36. The quantitative estimate of drug-likeness (QED) is 0.914. The summed E-state index contributed by atoms with van der Waals surface area (Å²) in [5.41, 5.74) is 0.0652. The molecule has 1 amide bonds. The molecule has 0 bridgehead atoms. The maximum atomic E-state index is 12.5. The van der Waals surface area contributed by atoms with E-state index < -0.39 is 18.0 Å². The Hall–Kier alpha value is -1.37. The van der Waals surface area contributed by atoms with Crippen molar-refractivity contribution in [2.75, 3.05) is 0 Å². The number of alkyl halides is 3. The minimum absolute atomic E-state index is 0.0374. The number of aromatic nitrogens is 2. The molecule has 4 nitrogen and oxygen atoms in total. The molecule has 0 aromatic carbocycles. The van der Waals surface area contributed by atoms with Gasteiger partial charge < -0.3 is 5.32 Å². The van der Waals surface area contributed by atoms with Gasteiger partial charge in [0.1, 0.15) is 10.8 Å². The average molecular weight is 308 g/mol. The summed E-state index contributed by atoms with van der Waals surface area (Å²) in [6.45, 7) is 0. The largest absolute Gasteiger partial charge is 0.391 e. The van der Waals surface area contributed by atoms with Gasteiger partial charge in [0.05, 0.1) is 18.3 Å². The Balaban J connectivity index is 1.88. The number of carbonyl (C=O) groups excluding carboxylic acids is 1. The third-order valence-corrected chi connectivity index (χ3v) is 3.55. The predicted molar refractivity (Wildman–Crippen MR) is 66.3 cm³/mol. The van der Waals surface area contributed by atoms with E-state index in [-0.39, 0.29) is 29.7 Å². The number of rotatable bonds is 2. The van der Waals surface area contributed by atoms with Crippen molar-refractivity contribution < 1.29 is 18.0 Å². The highest BCUT2D eigenvalue weighted by atomic mass is 35.5. The molecule has 20 heavy (non-hydrogen) atoms. The number of carbonyl (C=O) groups is 1. The summed E-state index contributed by atoms with van der Waals surface area (Å²) >= 11 is 5.62. The van der Waals surface area contributed by atoms with Crippen LogP contribution in [0.1, 0.15) is 36.2 Å². The van der Waals surface area contributed by atoms with E-state index in [1.807, 2.05) is 0 Å². The number of hydrogen-bond acceptors (Lipinski definition) is 3. The summed E-state index contributed by atoms with van der Waals surface area (Å²) in [4.78, 5) is 19.4. The molecule has 1 saturated carbocycles. The second-order valence-corrected chi connectivity index (χ2v) is 5.18. The van der Waals surface area contributed by atoms with Crippen molar-refractivity contribution in [3.8, 4) is 0 Å². The number of amides is 1. The van der Waals surface area contributed by atoms with Gasteiger partial charge in [-0.15, -0.1) is 0 Å². The normalized spacial score (nSPS) is 23.4. The molecule has 0 aliphatic heterocycles. The van der Waals surface area contributed by atoms with Crippen LogP contribution in [0.2, 0.25) is 5.15 Å². The standard InChI is InChI=1S/C12H13ClF3N3O/c13-10-6-17-5-9(19-10)11(20)18-8-3-1-7(2-4-8)12(14,15)16/h5-8H,1-4H2,(H,18,20). The third kappa shape index (κ3) is 3.82. The molecule has 110 valence electrons. The van der Waals surface area contributed by atoms with Crippen LogP contribution in [-0.4, -0.2) is 28.1 Å². The van der Waals surface area contributed by atoms with E-state index in [0.717, 1.165) is 0 Å². The van der Waals surface area contributed by atoms with Crippen molar-refractivity contribution in [3.63, 3.8) is 0 Å². The molecule has 8 heteroatoms. The Morgan fingerprint density at radius 3 is 2.45 bits per heavy atom. The SMILES string of the molecule is O=C(NC1CCC(C(F)(F)F)CC1)c1cncc(Cl)n1. The fourth-order valence-corrected chi connectivity index (χ4v) is 2.42. The zero-order valence-electron chi connectivity index (χ0n) is 10.5. The first kappa shape index (κ1) is 15.0. The second kappa shape index (κ2) is 5.95. The van der Waals surface area contributed by atoms with E-state index in [4.69, 9.17) is 11.6 Å². The molecular formula is C12H13ClF3N3O.